The third kappa shape index (κ3) is 4.37. The summed E-state index contributed by atoms with van der Waals surface area (Å²) in [4.78, 5) is 22.0. The molecule has 16 heavy (non-hydrogen) atoms. The summed E-state index contributed by atoms with van der Waals surface area (Å²) in [7, 11) is 1.26. The Labute approximate surface area is 94.0 Å². The highest BCUT2D eigenvalue weighted by Gasteiger charge is 1.93. The molecule has 0 saturated heterocycles. The van der Waals surface area contributed by atoms with Crippen LogP contribution in [0.25, 0.3) is 6.08 Å². The third-order valence-electron chi connectivity index (χ3n) is 1.82. The quantitative estimate of drug-likeness (QED) is 0.571. The number of hydrogen-bond donors (Lipinski definition) is 0. The Kier molecular flexibility index (Phi) is 4.73. The first-order valence-corrected chi connectivity index (χ1v) is 4.75. The Hall–Kier alpha value is -2.16. The number of carbonyl (C=O) groups is 2. The lowest BCUT2D eigenvalue weighted by molar-refractivity contribution is -0.135. The van der Waals surface area contributed by atoms with E-state index in [0.29, 0.717) is 0 Å². The molecule has 0 spiro atoms. The maximum atomic E-state index is 11.3. The van der Waals surface area contributed by atoms with Crippen molar-refractivity contribution < 1.29 is 14.3 Å². The number of esters is 1. The van der Waals surface area contributed by atoms with Gasteiger partial charge in [-0.05, 0) is 17.7 Å². The Bertz CT molecular complexity index is 416. The second-order valence-electron chi connectivity index (χ2n) is 3.00. The number of methoxy groups -OCH3 is 1. The lowest BCUT2D eigenvalue weighted by Gasteiger charge is -1.90. The highest BCUT2D eigenvalue weighted by atomic mass is 16.5. The Morgan fingerprint density at radius 1 is 1.06 bits per heavy atom. The second kappa shape index (κ2) is 6.35. The van der Waals surface area contributed by atoms with Gasteiger partial charge < -0.3 is 4.74 Å². The highest BCUT2D eigenvalue weighted by molar-refractivity contribution is 6.04. The van der Waals surface area contributed by atoms with Gasteiger partial charge in [0, 0.05) is 6.08 Å². The van der Waals surface area contributed by atoms with E-state index in [-0.39, 0.29) is 5.78 Å². The second-order valence-corrected chi connectivity index (χ2v) is 3.00. The number of allylic oxidation sites excluding steroid dienone is 2. The average molecular weight is 216 g/mol. The predicted molar refractivity (Wildman–Crippen MR) is 61.6 cm³/mol. The Morgan fingerprint density at radius 3 is 2.38 bits per heavy atom. The van der Waals surface area contributed by atoms with E-state index in [1.807, 2.05) is 30.3 Å². The molecule has 0 aliphatic carbocycles. The van der Waals surface area contributed by atoms with Crippen molar-refractivity contribution in [1.82, 2.24) is 0 Å². The van der Waals surface area contributed by atoms with Gasteiger partial charge in [-0.3, -0.25) is 4.79 Å². The molecule has 0 unspecified atom stereocenters. The summed E-state index contributed by atoms with van der Waals surface area (Å²) in [5.74, 6) is -0.796. The van der Waals surface area contributed by atoms with Gasteiger partial charge in [0.05, 0.1) is 7.11 Å². The summed E-state index contributed by atoms with van der Waals surface area (Å²) in [6.45, 7) is 0. The van der Waals surface area contributed by atoms with Gasteiger partial charge in [-0.15, -0.1) is 0 Å². The summed E-state index contributed by atoms with van der Waals surface area (Å²) in [6.07, 6.45) is 5.35. The van der Waals surface area contributed by atoms with Crippen LogP contribution in [0.15, 0.2) is 48.6 Å². The summed E-state index contributed by atoms with van der Waals surface area (Å²) in [5.41, 5.74) is 0.933. The smallest absolute Gasteiger partial charge is 0.330 e. The van der Waals surface area contributed by atoms with Crippen LogP contribution >= 0.6 is 0 Å². The molecule has 0 heterocycles. The lowest BCUT2D eigenvalue weighted by atomic mass is 10.2. The van der Waals surface area contributed by atoms with Gasteiger partial charge in [-0.1, -0.05) is 36.4 Å². The number of carbonyl (C=O) groups excluding carboxylic acids is 2. The molecule has 1 aromatic rings. The van der Waals surface area contributed by atoms with Crippen molar-refractivity contribution in [3.8, 4) is 0 Å². The highest BCUT2D eigenvalue weighted by Crippen LogP contribution is 2.00. The molecule has 82 valence electrons. The van der Waals surface area contributed by atoms with Crippen LogP contribution in [0, 0.1) is 0 Å². The van der Waals surface area contributed by atoms with Crippen molar-refractivity contribution >= 4 is 17.8 Å². The Balaban J connectivity index is 2.55. The standard InChI is InChI=1S/C13H12O3/c1-16-13(15)10-9-12(14)8-7-11-5-3-2-4-6-11/h2-10H,1H3/b8-7+,10-9+. The van der Waals surface area contributed by atoms with Crippen LogP contribution in [0.4, 0.5) is 0 Å². The molecular formula is C13H12O3. The average Bonchev–Trinajstić information content (AvgIpc) is 2.34. The fourth-order valence-electron chi connectivity index (χ4n) is 1.02. The molecule has 0 fully saturated rings. The van der Waals surface area contributed by atoms with Gasteiger partial charge in [0.2, 0.25) is 0 Å². The van der Waals surface area contributed by atoms with Crippen molar-refractivity contribution in [2.24, 2.45) is 0 Å². The van der Waals surface area contributed by atoms with E-state index in [0.717, 1.165) is 11.6 Å². The summed E-state index contributed by atoms with van der Waals surface area (Å²) in [5, 5.41) is 0. The lowest BCUT2D eigenvalue weighted by Crippen LogP contribution is -1.95. The fraction of sp³-hybridized carbons (Fsp3) is 0.0769. The number of hydrogen-bond acceptors (Lipinski definition) is 3. The third-order valence-corrected chi connectivity index (χ3v) is 1.82. The van der Waals surface area contributed by atoms with Gasteiger partial charge >= 0.3 is 5.97 Å². The first-order valence-electron chi connectivity index (χ1n) is 4.75. The maximum Gasteiger partial charge on any atom is 0.330 e. The molecule has 0 bridgehead atoms. The summed E-state index contributed by atoms with van der Waals surface area (Å²) >= 11 is 0. The SMILES string of the molecule is COC(=O)/C=C/C(=O)/C=C/c1ccccc1. The van der Waals surface area contributed by atoms with Crippen molar-refractivity contribution in [2.45, 2.75) is 0 Å². The molecule has 0 aliphatic heterocycles. The number of ether oxygens (including phenoxy) is 1. The topological polar surface area (TPSA) is 43.4 Å². The first kappa shape index (κ1) is 11.9. The number of benzene rings is 1. The van der Waals surface area contributed by atoms with E-state index >= 15 is 0 Å². The molecule has 0 aliphatic rings. The van der Waals surface area contributed by atoms with Crippen LogP contribution < -0.4 is 0 Å². The molecule has 0 atom stereocenters. The molecule has 3 nitrogen and oxygen atoms in total. The Morgan fingerprint density at radius 2 is 1.75 bits per heavy atom. The van der Waals surface area contributed by atoms with Crippen molar-refractivity contribution in [2.75, 3.05) is 7.11 Å². The van der Waals surface area contributed by atoms with Crippen molar-refractivity contribution in [1.29, 1.82) is 0 Å². The molecule has 1 rings (SSSR count). The van der Waals surface area contributed by atoms with Gasteiger partial charge in [0.1, 0.15) is 0 Å². The zero-order chi connectivity index (χ0) is 11.8. The number of rotatable bonds is 4. The van der Waals surface area contributed by atoms with E-state index in [1.165, 1.54) is 19.3 Å². The van der Waals surface area contributed by atoms with E-state index in [2.05, 4.69) is 4.74 Å². The molecule has 0 radical (unpaired) electrons. The largest absolute Gasteiger partial charge is 0.466 e. The summed E-state index contributed by atoms with van der Waals surface area (Å²) in [6, 6.07) is 9.43. The van der Waals surface area contributed by atoms with E-state index in [1.54, 1.807) is 6.08 Å². The van der Waals surface area contributed by atoms with Gasteiger partial charge in [0.15, 0.2) is 5.78 Å². The van der Waals surface area contributed by atoms with Gasteiger partial charge in [-0.25, -0.2) is 4.79 Å². The maximum absolute atomic E-state index is 11.3. The first-order chi connectivity index (χ1) is 7.72. The van der Waals surface area contributed by atoms with E-state index in [9.17, 15) is 9.59 Å². The van der Waals surface area contributed by atoms with E-state index < -0.39 is 5.97 Å². The molecule has 3 heteroatoms. The summed E-state index contributed by atoms with van der Waals surface area (Å²) < 4.78 is 4.36. The minimum atomic E-state index is -0.540. The van der Waals surface area contributed by atoms with Crippen LogP contribution in [-0.4, -0.2) is 18.9 Å². The van der Waals surface area contributed by atoms with Crippen LogP contribution in [0.1, 0.15) is 5.56 Å². The minimum absolute atomic E-state index is 0.255. The van der Waals surface area contributed by atoms with E-state index in [4.69, 9.17) is 0 Å². The minimum Gasteiger partial charge on any atom is -0.466 e. The molecular weight excluding hydrogens is 204 g/mol. The van der Waals surface area contributed by atoms with Crippen LogP contribution in [0.5, 0.6) is 0 Å². The molecule has 1 aromatic carbocycles. The van der Waals surface area contributed by atoms with Gasteiger partial charge in [0.25, 0.3) is 0 Å². The van der Waals surface area contributed by atoms with Crippen molar-refractivity contribution in [3.63, 3.8) is 0 Å². The van der Waals surface area contributed by atoms with Crippen LogP contribution in [0.2, 0.25) is 0 Å². The zero-order valence-electron chi connectivity index (χ0n) is 8.92. The monoisotopic (exact) mass is 216 g/mol. The van der Waals surface area contributed by atoms with Gasteiger partial charge in [-0.2, -0.15) is 0 Å². The van der Waals surface area contributed by atoms with Crippen molar-refractivity contribution in [3.05, 3.63) is 54.1 Å². The molecule has 0 aromatic heterocycles. The molecule has 0 N–H and O–H groups in total. The fourth-order valence-corrected chi connectivity index (χ4v) is 1.02. The number of ketones is 1. The van der Waals surface area contributed by atoms with Crippen LogP contribution in [-0.2, 0) is 14.3 Å². The normalized spacial score (nSPS) is 10.8. The van der Waals surface area contributed by atoms with Crippen LogP contribution in [0.3, 0.4) is 0 Å². The zero-order valence-corrected chi connectivity index (χ0v) is 8.92. The molecule has 0 saturated carbocycles. The molecule has 0 amide bonds. The predicted octanol–water partition coefficient (Wildman–Crippen LogP) is 2.00.